The third-order valence-electron chi connectivity index (χ3n) is 11.8. The van der Waals surface area contributed by atoms with Gasteiger partial charge in [0, 0.05) is 43.0 Å². The summed E-state index contributed by atoms with van der Waals surface area (Å²) in [6.07, 6.45) is -0.127. The number of benzene rings is 3. The number of aliphatic carboxylic acids is 1. The van der Waals surface area contributed by atoms with Crippen LogP contribution in [-0.2, 0) is 57.6 Å². The van der Waals surface area contributed by atoms with Crippen LogP contribution in [0, 0.1) is 0 Å². The van der Waals surface area contributed by atoms with Gasteiger partial charge >= 0.3 is 5.97 Å². The minimum absolute atomic E-state index is 0.00174. The van der Waals surface area contributed by atoms with E-state index in [0.29, 0.717) is 22.0 Å². The van der Waals surface area contributed by atoms with E-state index in [2.05, 4.69) is 52.2 Å². The number of aromatic amines is 1. The normalized spacial score (nSPS) is 14.1. The Kier molecular flexibility index (Phi) is 24.1. The minimum atomic E-state index is -1.78. The fraction of sp³-hybridized carbons (Fsp3) is 0.400. The van der Waals surface area contributed by atoms with Crippen LogP contribution < -0.4 is 65.9 Å². The molecule has 77 heavy (non-hydrogen) atoms. The van der Waals surface area contributed by atoms with Crippen LogP contribution in [0.2, 0.25) is 0 Å². The van der Waals surface area contributed by atoms with Crippen LogP contribution in [0.15, 0.2) is 95.0 Å². The van der Waals surface area contributed by atoms with E-state index in [9.17, 15) is 58.8 Å². The van der Waals surface area contributed by atoms with E-state index in [1.165, 1.54) is 31.2 Å². The van der Waals surface area contributed by atoms with Gasteiger partial charge in [-0.25, -0.2) is 4.79 Å². The lowest BCUT2D eigenvalue weighted by Gasteiger charge is -2.27. The first-order chi connectivity index (χ1) is 36.6. The lowest BCUT2D eigenvalue weighted by atomic mass is 10.0. The number of nitrogens with zero attached hydrogens (tertiary/aromatic N) is 2. The Bertz CT molecular complexity index is 2690. The SMILES string of the molecule is C[C@@H](O)[C@H](NC(=O)[C@H](Cc1c[nH]c2ccccc12)NC(=O)[C@H](CO)NC(=O)[C@H](CCCN=C(N)N)NC(=O)CNC(=O)[C@H](CCCN=C(N)N)NC(=O)[C@@H](N)Cc1ccccc1)C(=O)N[C@@H](Cc1ccc(O)cc1)C(=O)O. The Morgan fingerprint density at radius 3 is 1.73 bits per heavy atom. The summed E-state index contributed by atoms with van der Waals surface area (Å²) in [7, 11) is 0. The summed E-state index contributed by atoms with van der Waals surface area (Å²) in [5.41, 5.74) is 30.3. The molecule has 0 radical (unpaired) electrons. The second-order valence-electron chi connectivity index (χ2n) is 18.0. The first-order valence-electron chi connectivity index (χ1n) is 24.5. The van der Waals surface area contributed by atoms with E-state index >= 15 is 0 Å². The van der Waals surface area contributed by atoms with Crippen molar-refractivity contribution >= 4 is 70.1 Å². The molecule has 27 nitrogen and oxygen atoms in total. The van der Waals surface area contributed by atoms with Crippen molar-refractivity contribution in [2.75, 3.05) is 26.2 Å². The number of carboxylic acid groups (broad SMARTS) is 1. The summed E-state index contributed by atoms with van der Waals surface area (Å²) in [6.45, 7) is -0.454. The highest BCUT2D eigenvalue weighted by molar-refractivity contribution is 5.97. The van der Waals surface area contributed by atoms with E-state index in [4.69, 9.17) is 28.7 Å². The quantitative estimate of drug-likeness (QED) is 0.0129. The number of para-hydroxylation sites is 1. The molecule has 1 heterocycles. The summed E-state index contributed by atoms with van der Waals surface area (Å²) in [6, 6.07) is 11.2. The second kappa shape index (κ2) is 30.5. The number of aliphatic hydroxyl groups excluding tert-OH is 2. The third-order valence-corrected chi connectivity index (χ3v) is 11.8. The van der Waals surface area contributed by atoms with Gasteiger partial charge in [-0.15, -0.1) is 0 Å². The number of phenols is 1. The number of guanidine groups is 2. The lowest BCUT2D eigenvalue weighted by molar-refractivity contribution is -0.143. The number of H-pyrrole nitrogens is 1. The third kappa shape index (κ3) is 20.4. The predicted octanol–water partition coefficient (Wildman–Crippen LogP) is -4.18. The van der Waals surface area contributed by atoms with Crippen molar-refractivity contribution in [3.63, 3.8) is 0 Å². The number of aromatic nitrogens is 1. The molecule has 4 aromatic rings. The van der Waals surface area contributed by atoms with Gasteiger partial charge in [-0.3, -0.25) is 43.5 Å². The van der Waals surface area contributed by atoms with Crippen molar-refractivity contribution in [2.24, 2.45) is 38.7 Å². The molecule has 0 aliphatic rings. The molecule has 0 unspecified atom stereocenters. The zero-order chi connectivity index (χ0) is 56.6. The van der Waals surface area contributed by atoms with Gasteiger partial charge in [0.15, 0.2) is 11.9 Å². The maximum absolute atomic E-state index is 14.2. The number of carbonyl (C=O) groups excluding carboxylic acids is 7. The van der Waals surface area contributed by atoms with Gasteiger partial charge in [0.05, 0.1) is 25.3 Å². The number of hydrogen-bond acceptors (Lipinski definition) is 14. The number of carbonyl (C=O) groups is 8. The van der Waals surface area contributed by atoms with E-state index in [0.717, 1.165) is 5.56 Å². The smallest absolute Gasteiger partial charge is 0.326 e. The number of nitrogens with one attached hydrogen (secondary N) is 8. The topological polar surface area (TPSA) is 472 Å². The molecule has 0 saturated carbocycles. The molecule has 0 bridgehead atoms. The molecule has 3 aromatic carbocycles. The first kappa shape index (κ1) is 60.7. The molecular formula is C50H69N15O12. The molecule has 0 saturated heterocycles. The summed E-state index contributed by atoms with van der Waals surface area (Å²) in [5, 5.41) is 58.5. The van der Waals surface area contributed by atoms with E-state index < -0.39 is 109 Å². The Balaban J connectivity index is 1.50. The number of aromatic hydroxyl groups is 1. The van der Waals surface area contributed by atoms with Crippen molar-refractivity contribution in [1.29, 1.82) is 0 Å². The van der Waals surface area contributed by atoms with Gasteiger partial charge in [0.1, 0.15) is 42.0 Å². The number of hydrogen-bond donors (Lipinski definition) is 17. The van der Waals surface area contributed by atoms with Crippen LogP contribution in [0.5, 0.6) is 5.75 Å². The van der Waals surface area contributed by atoms with Gasteiger partial charge in [-0.2, -0.15) is 0 Å². The predicted molar refractivity (Wildman–Crippen MR) is 283 cm³/mol. The summed E-state index contributed by atoms with van der Waals surface area (Å²) < 4.78 is 0. The lowest BCUT2D eigenvalue weighted by Crippen LogP contribution is -2.61. The Labute approximate surface area is 442 Å². The number of rotatable bonds is 31. The van der Waals surface area contributed by atoms with E-state index in [-0.39, 0.29) is 75.7 Å². The van der Waals surface area contributed by atoms with Gasteiger partial charge in [-0.05, 0) is 73.9 Å². The Morgan fingerprint density at radius 2 is 1.13 bits per heavy atom. The number of carboxylic acids is 1. The molecule has 416 valence electrons. The molecule has 0 aliphatic carbocycles. The molecule has 4 rings (SSSR count). The van der Waals surface area contributed by atoms with Crippen molar-refractivity contribution in [3.8, 4) is 5.75 Å². The van der Waals surface area contributed by atoms with Gasteiger partial charge in [0.2, 0.25) is 41.4 Å². The van der Waals surface area contributed by atoms with Crippen LogP contribution in [0.1, 0.15) is 49.3 Å². The van der Waals surface area contributed by atoms with Crippen molar-refractivity contribution in [3.05, 3.63) is 102 Å². The van der Waals surface area contributed by atoms with Gasteiger partial charge in [-0.1, -0.05) is 60.7 Å². The number of nitrogens with two attached hydrogens (primary N) is 5. The average Bonchev–Trinajstić information content (AvgIpc) is 3.80. The van der Waals surface area contributed by atoms with Crippen LogP contribution in [0.25, 0.3) is 10.9 Å². The van der Waals surface area contributed by atoms with Gasteiger partial charge < -0.3 is 91.3 Å². The molecule has 8 atom stereocenters. The van der Waals surface area contributed by atoms with Crippen molar-refractivity contribution in [1.82, 2.24) is 42.2 Å². The van der Waals surface area contributed by atoms with Crippen LogP contribution >= 0.6 is 0 Å². The molecule has 7 amide bonds. The highest BCUT2D eigenvalue weighted by Gasteiger charge is 2.35. The highest BCUT2D eigenvalue weighted by atomic mass is 16.4. The number of aliphatic imine (C=N–C) groups is 2. The summed E-state index contributed by atoms with van der Waals surface area (Å²) >= 11 is 0. The molecule has 0 spiro atoms. The summed E-state index contributed by atoms with van der Waals surface area (Å²) in [4.78, 5) is 119. The molecule has 27 heteroatoms. The maximum atomic E-state index is 14.2. The zero-order valence-corrected chi connectivity index (χ0v) is 42.3. The molecule has 0 fully saturated rings. The number of aliphatic hydroxyl groups is 2. The average molecular weight is 1070 g/mol. The molecule has 1 aromatic heterocycles. The fourth-order valence-corrected chi connectivity index (χ4v) is 7.78. The maximum Gasteiger partial charge on any atom is 0.326 e. The second-order valence-corrected chi connectivity index (χ2v) is 18.0. The number of phenolic OH excluding ortho intramolecular Hbond substituents is 1. The molecule has 0 aliphatic heterocycles. The van der Waals surface area contributed by atoms with Crippen LogP contribution in [0.4, 0.5) is 0 Å². The van der Waals surface area contributed by atoms with Crippen LogP contribution in [-0.4, -0.2) is 159 Å². The summed E-state index contributed by atoms with van der Waals surface area (Å²) in [5.74, 6) is -8.48. The standard InChI is InChI=1S/C50H69N15O12/c1-27(67)41(47(75)63-38(48(76)77)22-29-15-17-31(68)18-16-29)65-45(73)37(23-30-24-58-34-12-6-5-11-32(30)34)62-46(74)39(26-66)64-44(72)36(14-8-20-57-50(54)55)60-40(69)25-59-43(71)35(13-7-19-56-49(52)53)61-42(70)33(51)21-28-9-3-2-4-10-28/h2-6,9-12,15-18,24,27,33,35-39,41,58,66-68H,7-8,13-14,19-23,25-26,51H2,1H3,(H,59,71)(H,60,69)(H,61,70)(H,62,74)(H,63,75)(H,64,72)(H,65,73)(H,76,77)(H4,52,53,56)(H4,54,55,57)/t27-,33+,35+,36+,37+,38+,39+,41+/m1/s1. The van der Waals surface area contributed by atoms with E-state index in [1.54, 1.807) is 60.8 Å². The van der Waals surface area contributed by atoms with Crippen LogP contribution in [0.3, 0.4) is 0 Å². The molecular weight excluding hydrogens is 1000 g/mol. The Hall–Kier alpha value is -8.82. The highest BCUT2D eigenvalue weighted by Crippen LogP contribution is 2.20. The first-order valence-corrected chi connectivity index (χ1v) is 24.5. The van der Waals surface area contributed by atoms with Crippen molar-refractivity contribution in [2.45, 2.75) is 100 Å². The van der Waals surface area contributed by atoms with E-state index in [1.807, 2.05) is 0 Å². The van der Waals surface area contributed by atoms with Crippen molar-refractivity contribution < 1.29 is 58.8 Å². The Morgan fingerprint density at radius 1 is 0.597 bits per heavy atom. The monoisotopic (exact) mass is 1070 g/mol. The molecule has 22 N–H and O–H groups in total. The minimum Gasteiger partial charge on any atom is -0.508 e. The number of amides is 7. The zero-order valence-electron chi connectivity index (χ0n) is 42.3. The largest absolute Gasteiger partial charge is 0.508 e. The van der Waals surface area contributed by atoms with Gasteiger partial charge in [0.25, 0.3) is 0 Å². The fourth-order valence-electron chi connectivity index (χ4n) is 7.78. The number of fused-ring (bicyclic) bond motifs is 1.